The molecule has 0 aliphatic carbocycles. The Morgan fingerprint density at radius 3 is 2.75 bits per heavy atom. The van der Waals surface area contributed by atoms with E-state index < -0.39 is 0 Å². The van der Waals surface area contributed by atoms with Gasteiger partial charge in [-0.15, -0.1) is 0 Å². The van der Waals surface area contributed by atoms with Crippen molar-refractivity contribution in [2.24, 2.45) is 0 Å². The van der Waals surface area contributed by atoms with Gasteiger partial charge in [-0.3, -0.25) is 10.1 Å². The highest BCUT2D eigenvalue weighted by atomic mass is 16.6. The predicted octanol–water partition coefficient (Wildman–Crippen LogP) is 1.98. The van der Waals surface area contributed by atoms with Gasteiger partial charge in [0.05, 0.1) is 4.92 Å². The second kappa shape index (κ2) is 6.48. The minimum atomic E-state index is -0.346. The normalized spacial score (nSPS) is 17.9. The molecule has 0 spiro atoms. The van der Waals surface area contributed by atoms with Gasteiger partial charge in [0.2, 0.25) is 5.82 Å². The molecule has 1 unspecified atom stereocenters. The molecule has 2 aromatic rings. The number of nitrogens with zero attached hydrogens (tertiary/aromatic N) is 4. The Kier molecular flexibility index (Phi) is 4.39. The topological polar surface area (TPSA) is 96.5 Å². The number of phenolic OH excluding ortho intramolecular Hbond substituents is 1. The van der Waals surface area contributed by atoms with Gasteiger partial charge in [0.25, 0.3) is 0 Å². The Morgan fingerprint density at radius 2 is 2.12 bits per heavy atom. The number of rotatable bonds is 4. The van der Waals surface area contributed by atoms with Crippen molar-refractivity contribution in [3.05, 3.63) is 45.6 Å². The van der Waals surface area contributed by atoms with Crippen LogP contribution in [0.3, 0.4) is 0 Å². The first-order valence-corrected chi connectivity index (χ1v) is 8.00. The number of nitrogens with one attached hydrogen (secondary N) is 1. The summed E-state index contributed by atoms with van der Waals surface area (Å²) < 4.78 is 1.70. The average Bonchev–Trinajstić information content (AvgIpc) is 2.92. The minimum absolute atomic E-state index is 0.0412. The van der Waals surface area contributed by atoms with Gasteiger partial charge in [0.15, 0.2) is 0 Å². The first kappa shape index (κ1) is 16.3. The summed E-state index contributed by atoms with van der Waals surface area (Å²) >= 11 is 0. The summed E-state index contributed by atoms with van der Waals surface area (Å²) in [5.41, 5.74) is 1.57. The van der Waals surface area contributed by atoms with E-state index in [0.29, 0.717) is 31.1 Å². The molecule has 8 heteroatoms. The van der Waals surface area contributed by atoms with E-state index in [1.54, 1.807) is 23.7 Å². The van der Waals surface area contributed by atoms with Crippen LogP contribution in [-0.4, -0.2) is 39.4 Å². The summed E-state index contributed by atoms with van der Waals surface area (Å²) in [7, 11) is 0. The number of hydrogen-bond acceptors (Lipinski definition) is 6. The molecule has 1 saturated heterocycles. The zero-order valence-corrected chi connectivity index (χ0v) is 13.8. The molecule has 2 heterocycles. The summed E-state index contributed by atoms with van der Waals surface area (Å²) in [6, 6.07) is 7.08. The minimum Gasteiger partial charge on any atom is -0.508 e. The summed E-state index contributed by atoms with van der Waals surface area (Å²) in [5.74, 6) is 0.798. The predicted molar refractivity (Wildman–Crippen MR) is 90.4 cm³/mol. The van der Waals surface area contributed by atoms with Crippen LogP contribution in [0, 0.1) is 17.0 Å². The molecule has 0 amide bonds. The number of aromatic hydroxyl groups is 1. The van der Waals surface area contributed by atoms with E-state index in [9.17, 15) is 15.2 Å². The molecule has 0 saturated carbocycles. The molecule has 8 nitrogen and oxygen atoms in total. The Morgan fingerprint density at radius 1 is 1.42 bits per heavy atom. The van der Waals surface area contributed by atoms with Crippen LogP contribution in [-0.2, 0) is 6.54 Å². The molecule has 24 heavy (non-hydrogen) atoms. The maximum absolute atomic E-state index is 11.5. The number of hydrogen-bond donors (Lipinski definition) is 2. The zero-order chi connectivity index (χ0) is 17.3. The maximum Gasteiger partial charge on any atom is 0.333 e. The van der Waals surface area contributed by atoms with Crippen LogP contribution < -0.4 is 10.2 Å². The molecule has 0 bridgehead atoms. The lowest BCUT2D eigenvalue weighted by molar-refractivity contribution is -0.384. The van der Waals surface area contributed by atoms with Crippen molar-refractivity contribution in [2.75, 3.05) is 24.5 Å². The van der Waals surface area contributed by atoms with Crippen molar-refractivity contribution >= 4 is 11.5 Å². The second-order valence-corrected chi connectivity index (χ2v) is 5.87. The van der Waals surface area contributed by atoms with Crippen LogP contribution in [0.5, 0.6) is 5.75 Å². The van der Waals surface area contributed by atoms with Crippen molar-refractivity contribution in [1.82, 2.24) is 15.1 Å². The van der Waals surface area contributed by atoms with Gasteiger partial charge >= 0.3 is 5.69 Å². The van der Waals surface area contributed by atoms with Crippen LogP contribution in [0.25, 0.3) is 0 Å². The molecule has 0 radical (unpaired) electrons. The SMILES string of the molecule is CCn1nc(C)c([N+](=O)[O-])c1N1CCNC(c2ccc(O)cc2)C1. The lowest BCUT2D eigenvalue weighted by Crippen LogP contribution is -2.46. The van der Waals surface area contributed by atoms with Crippen LogP contribution in [0.15, 0.2) is 24.3 Å². The van der Waals surface area contributed by atoms with Crippen LogP contribution in [0.4, 0.5) is 11.5 Å². The highest BCUT2D eigenvalue weighted by Gasteiger charge is 2.32. The van der Waals surface area contributed by atoms with Crippen molar-refractivity contribution in [1.29, 1.82) is 0 Å². The third kappa shape index (κ3) is 2.92. The fourth-order valence-electron chi connectivity index (χ4n) is 3.18. The number of phenols is 1. The Labute approximate surface area is 139 Å². The maximum atomic E-state index is 11.5. The Hall–Kier alpha value is -2.61. The number of benzene rings is 1. The van der Waals surface area contributed by atoms with E-state index in [0.717, 1.165) is 12.1 Å². The van der Waals surface area contributed by atoms with Crippen LogP contribution >= 0.6 is 0 Å². The molecule has 128 valence electrons. The van der Waals surface area contributed by atoms with Gasteiger partial charge < -0.3 is 15.3 Å². The lowest BCUT2D eigenvalue weighted by Gasteiger charge is -2.35. The quantitative estimate of drug-likeness (QED) is 0.657. The molecule has 1 aromatic carbocycles. The van der Waals surface area contributed by atoms with E-state index in [1.807, 2.05) is 24.0 Å². The van der Waals surface area contributed by atoms with Gasteiger partial charge in [-0.2, -0.15) is 5.10 Å². The van der Waals surface area contributed by atoms with Gasteiger partial charge in [-0.05, 0) is 31.5 Å². The Balaban J connectivity index is 1.92. The van der Waals surface area contributed by atoms with Crippen LogP contribution in [0.1, 0.15) is 24.2 Å². The number of nitro groups is 1. The fourth-order valence-corrected chi connectivity index (χ4v) is 3.18. The van der Waals surface area contributed by atoms with Crippen molar-refractivity contribution in [3.8, 4) is 5.75 Å². The first-order chi connectivity index (χ1) is 11.5. The van der Waals surface area contributed by atoms with E-state index in [-0.39, 0.29) is 22.4 Å². The van der Waals surface area contributed by atoms with Gasteiger partial charge in [-0.25, -0.2) is 4.68 Å². The van der Waals surface area contributed by atoms with E-state index >= 15 is 0 Å². The summed E-state index contributed by atoms with van der Waals surface area (Å²) in [6.07, 6.45) is 0. The highest BCUT2D eigenvalue weighted by Crippen LogP contribution is 2.33. The van der Waals surface area contributed by atoms with Crippen molar-refractivity contribution in [3.63, 3.8) is 0 Å². The Bertz CT molecular complexity index is 741. The lowest BCUT2D eigenvalue weighted by atomic mass is 10.0. The molecule has 1 aromatic heterocycles. The van der Waals surface area contributed by atoms with E-state index in [4.69, 9.17) is 0 Å². The number of anilines is 1. The third-order valence-corrected chi connectivity index (χ3v) is 4.32. The molecular formula is C16H21N5O3. The van der Waals surface area contributed by atoms with Gasteiger partial charge in [0, 0.05) is 32.2 Å². The largest absolute Gasteiger partial charge is 0.508 e. The smallest absolute Gasteiger partial charge is 0.333 e. The van der Waals surface area contributed by atoms with Crippen molar-refractivity contribution < 1.29 is 10.0 Å². The van der Waals surface area contributed by atoms with Crippen LogP contribution in [0.2, 0.25) is 0 Å². The summed E-state index contributed by atoms with van der Waals surface area (Å²) in [5, 5.41) is 28.7. The third-order valence-electron chi connectivity index (χ3n) is 4.32. The van der Waals surface area contributed by atoms with E-state index in [2.05, 4.69) is 10.4 Å². The van der Waals surface area contributed by atoms with Gasteiger partial charge in [0.1, 0.15) is 11.4 Å². The molecule has 1 fully saturated rings. The summed E-state index contributed by atoms with van der Waals surface area (Å²) in [6.45, 7) is 6.19. The average molecular weight is 331 g/mol. The zero-order valence-electron chi connectivity index (χ0n) is 13.8. The standard InChI is InChI=1S/C16H21N5O3/c1-3-20-16(15(21(23)24)11(2)18-20)19-9-8-17-14(10-19)12-4-6-13(22)7-5-12/h4-7,14,17,22H,3,8-10H2,1-2H3. The second-order valence-electron chi connectivity index (χ2n) is 5.87. The molecule has 1 aliphatic rings. The number of aromatic nitrogens is 2. The van der Waals surface area contributed by atoms with Gasteiger partial charge in [-0.1, -0.05) is 12.1 Å². The monoisotopic (exact) mass is 331 g/mol. The van der Waals surface area contributed by atoms with E-state index in [1.165, 1.54) is 0 Å². The molecule has 3 rings (SSSR count). The van der Waals surface area contributed by atoms with Crippen molar-refractivity contribution in [2.45, 2.75) is 26.4 Å². The number of piperazine rings is 1. The molecule has 1 atom stereocenters. The molecule has 1 aliphatic heterocycles. The fraction of sp³-hybridized carbons (Fsp3) is 0.438. The summed E-state index contributed by atoms with van der Waals surface area (Å²) in [4.78, 5) is 13.2. The number of aryl methyl sites for hydroxylation is 2. The first-order valence-electron chi connectivity index (χ1n) is 8.00. The molecule has 2 N–H and O–H groups in total. The highest BCUT2D eigenvalue weighted by molar-refractivity contribution is 5.62. The molecular weight excluding hydrogens is 310 g/mol.